The summed E-state index contributed by atoms with van der Waals surface area (Å²) in [6.45, 7) is 2.06. The van der Waals surface area contributed by atoms with E-state index in [0.717, 1.165) is 11.6 Å². The number of ether oxygens (including phenoxy) is 1. The highest BCUT2D eigenvalue weighted by atomic mass is 32.2. The SMILES string of the molecule is Cc1ccc(S(=O)(=O)N2CCN(C(=O)COC(=O)c3cc(=O)[nH]c4ccccc34)CC2)cc1. The Morgan fingerprint density at radius 2 is 1.67 bits per heavy atom. The third-order valence-corrected chi connectivity index (χ3v) is 7.46. The van der Waals surface area contributed by atoms with Gasteiger partial charge in [0.15, 0.2) is 6.61 Å². The number of sulfonamides is 1. The Bertz CT molecular complexity index is 1360. The molecule has 172 valence electrons. The average Bonchev–Trinajstić information content (AvgIpc) is 2.82. The summed E-state index contributed by atoms with van der Waals surface area (Å²) in [7, 11) is -3.64. The molecule has 10 heteroatoms. The second kappa shape index (κ2) is 9.16. The van der Waals surface area contributed by atoms with E-state index >= 15 is 0 Å². The molecule has 1 saturated heterocycles. The summed E-state index contributed by atoms with van der Waals surface area (Å²) in [4.78, 5) is 41.2. The fourth-order valence-electron chi connectivity index (χ4n) is 3.71. The fraction of sp³-hybridized carbons (Fsp3) is 0.261. The number of nitrogens with zero attached hydrogens (tertiary/aromatic N) is 2. The maximum absolute atomic E-state index is 12.8. The zero-order valence-corrected chi connectivity index (χ0v) is 18.8. The lowest BCUT2D eigenvalue weighted by atomic mass is 10.1. The number of benzene rings is 2. The van der Waals surface area contributed by atoms with E-state index in [9.17, 15) is 22.8 Å². The van der Waals surface area contributed by atoms with Crippen molar-refractivity contribution in [3.8, 4) is 0 Å². The van der Waals surface area contributed by atoms with E-state index in [1.54, 1.807) is 48.5 Å². The van der Waals surface area contributed by atoms with Gasteiger partial charge in [-0.1, -0.05) is 35.9 Å². The van der Waals surface area contributed by atoms with Gasteiger partial charge in [-0.3, -0.25) is 9.59 Å². The molecule has 1 fully saturated rings. The first-order valence-electron chi connectivity index (χ1n) is 10.4. The second-order valence-electron chi connectivity index (χ2n) is 7.77. The molecular formula is C23H23N3O6S. The van der Waals surface area contributed by atoms with Crippen LogP contribution >= 0.6 is 0 Å². The van der Waals surface area contributed by atoms with Crippen LogP contribution in [0.2, 0.25) is 0 Å². The highest BCUT2D eigenvalue weighted by molar-refractivity contribution is 7.89. The number of aryl methyl sites for hydroxylation is 1. The number of amides is 1. The number of para-hydroxylation sites is 1. The van der Waals surface area contributed by atoms with Gasteiger partial charge < -0.3 is 14.6 Å². The van der Waals surface area contributed by atoms with Gasteiger partial charge in [0, 0.05) is 43.1 Å². The molecule has 9 nitrogen and oxygen atoms in total. The summed E-state index contributed by atoms with van der Waals surface area (Å²) in [5, 5.41) is 0.518. The summed E-state index contributed by atoms with van der Waals surface area (Å²) in [6.07, 6.45) is 0. The molecule has 1 aliphatic rings. The van der Waals surface area contributed by atoms with Crippen LogP contribution in [0.15, 0.2) is 64.3 Å². The Balaban J connectivity index is 1.36. The van der Waals surface area contributed by atoms with Gasteiger partial charge >= 0.3 is 5.97 Å². The molecule has 3 aromatic rings. The first-order valence-corrected chi connectivity index (χ1v) is 11.8. The predicted molar refractivity (Wildman–Crippen MR) is 121 cm³/mol. The third-order valence-electron chi connectivity index (χ3n) is 5.55. The molecule has 0 unspecified atom stereocenters. The highest BCUT2D eigenvalue weighted by Gasteiger charge is 2.30. The zero-order valence-electron chi connectivity index (χ0n) is 18.0. The average molecular weight is 470 g/mol. The zero-order chi connectivity index (χ0) is 23.6. The van der Waals surface area contributed by atoms with Crippen molar-refractivity contribution in [3.05, 3.63) is 76.1 Å². The number of esters is 1. The molecule has 4 rings (SSSR count). The van der Waals surface area contributed by atoms with Gasteiger partial charge in [0.05, 0.1) is 10.5 Å². The molecule has 33 heavy (non-hydrogen) atoms. The van der Waals surface area contributed by atoms with Crippen LogP contribution in [-0.2, 0) is 19.6 Å². The van der Waals surface area contributed by atoms with E-state index in [2.05, 4.69) is 4.98 Å². The standard InChI is InChI=1S/C23H23N3O6S/c1-16-6-8-17(9-7-16)33(30,31)26-12-10-25(11-13-26)22(28)15-32-23(29)19-14-21(27)24-20-5-3-2-4-18(19)20/h2-9,14H,10-13,15H2,1H3,(H,24,27). The number of aromatic nitrogens is 1. The van der Waals surface area contributed by atoms with Crippen LogP contribution in [-0.4, -0.2) is 67.3 Å². The topological polar surface area (TPSA) is 117 Å². The van der Waals surface area contributed by atoms with Gasteiger partial charge in [-0.05, 0) is 25.1 Å². The number of rotatable bonds is 5. The number of pyridine rings is 1. The van der Waals surface area contributed by atoms with Gasteiger partial charge in [0.25, 0.3) is 5.91 Å². The van der Waals surface area contributed by atoms with E-state index in [1.807, 2.05) is 6.92 Å². The van der Waals surface area contributed by atoms with Crippen molar-refractivity contribution in [1.29, 1.82) is 0 Å². The Hall–Kier alpha value is -3.50. The number of fused-ring (bicyclic) bond motifs is 1. The lowest BCUT2D eigenvalue weighted by molar-refractivity contribution is -0.135. The van der Waals surface area contributed by atoms with E-state index in [-0.39, 0.29) is 36.6 Å². The Labute approximate surface area is 190 Å². The molecule has 1 aromatic heterocycles. The molecule has 0 saturated carbocycles. The van der Waals surface area contributed by atoms with E-state index in [0.29, 0.717) is 10.9 Å². The van der Waals surface area contributed by atoms with Crippen LogP contribution in [0.3, 0.4) is 0 Å². The van der Waals surface area contributed by atoms with Crippen LogP contribution in [0, 0.1) is 6.92 Å². The molecule has 0 atom stereocenters. The molecule has 0 radical (unpaired) electrons. The maximum Gasteiger partial charge on any atom is 0.339 e. The quantitative estimate of drug-likeness (QED) is 0.567. The van der Waals surface area contributed by atoms with Crippen molar-refractivity contribution in [2.45, 2.75) is 11.8 Å². The normalized spacial score (nSPS) is 14.9. The van der Waals surface area contributed by atoms with Crippen molar-refractivity contribution in [1.82, 2.24) is 14.2 Å². The van der Waals surface area contributed by atoms with Crippen LogP contribution in [0.25, 0.3) is 10.9 Å². The second-order valence-corrected chi connectivity index (χ2v) is 9.70. The van der Waals surface area contributed by atoms with Crippen molar-refractivity contribution < 1.29 is 22.7 Å². The Morgan fingerprint density at radius 3 is 2.36 bits per heavy atom. The number of piperazine rings is 1. The molecular weight excluding hydrogens is 446 g/mol. The maximum atomic E-state index is 12.8. The number of nitrogens with one attached hydrogen (secondary N) is 1. The van der Waals surface area contributed by atoms with Crippen LogP contribution in [0.1, 0.15) is 15.9 Å². The largest absolute Gasteiger partial charge is 0.452 e. The van der Waals surface area contributed by atoms with Crippen molar-refractivity contribution in [3.63, 3.8) is 0 Å². The Kier molecular flexibility index (Phi) is 6.30. The Morgan fingerprint density at radius 1 is 1.00 bits per heavy atom. The molecule has 2 heterocycles. The van der Waals surface area contributed by atoms with Crippen LogP contribution in [0.4, 0.5) is 0 Å². The molecule has 0 spiro atoms. The molecule has 0 bridgehead atoms. The summed E-state index contributed by atoms with van der Waals surface area (Å²) < 4.78 is 32.1. The van der Waals surface area contributed by atoms with Crippen LogP contribution in [0.5, 0.6) is 0 Å². The van der Waals surface area contributed by atoms with E-state index in [1.165, 1.54) is 9.21 Å². The van der Waals surface area contributed by atoms with Gasteiger partial charge in [0.1, 0.15) is 0 Å². The van der Waals surface area contributed by atoms with Gasteiger partial charge in [-0.2, -0.15) is 4.31 Å². The summed E-state index contributed by atoms with van der Waals surface area (Å²) >= 11 is 0. The van der Waals surface area contributed by atoms with Crippen LogP contribution < -0.4 is 5.56 Å². The lowest BCUT2D eigenvalue weighted by Crippen LogP contribution is -2.51. The highest BCUT2D eigenvalue weighted by Crippen LogP contribution is 2.19. The van der Waals surface area contributed by atoms with E-state index in [4.69, 9.17) is 4.74 Å². The summed E-state index contributed by atoms with van der Waals surface area (Å²) in [5.74, 6) is -1.20. The first-order chi connectivity index (χ1) is 15.8. The summed E-state index contributed by atoms with van der Waals surface area (Å²) in [6, 6.07) is 14.6. The monoisotopic (exact) mass is 469 g/mol. The molecule has 1 amide bonds. The minimum atomic E-state index is -3.64. The van der Waals surface area contributed by atoms with E-state index < -0.39 is 34.1 Å². The predicted octanol–water partition coefficient (Wildman–Crippen LogP) is 1.53. The summed E-state index contributed by atoms with van der Waals surface area (Å²) in [5.41, 5.74) is 1.09. The minimum Gasteiger partial charge on any atom is -0.452 e. The van der Waals surface area contributed by atoms with Gasteiger partial charge in [-0.25, -0.2) is 13.2 Å². The number of H-pyrrole nitrogens is 1. The van der Waals surface area contributed by atoms with Crippen molar-refractivity contribution in [2.75, 3.05) is 32.8 Å². The number of carbonyl (C=O) groups is 2. The molecule has 0 aliphatic carbocycles. The molecule has 1 N–H and O–H groups in total. The number of carbonyl (C=O) groups excluding carboxylic acids is 2. The van der Waals surface area contributed by atoms with Gasteiger partial charge in [-0.15, -0.1) is 0 Å². The number of hydrogen-bond donors (Lipinski definition) is 1. The number of aromatic amines is 1. The van der Waals surface area contributed by atoms with Crippen molar-refractivity contribution in [2.24, 2.45) is 0 Å². The van der Waals surface area contributed by atoms with Gasteiger partial charge in [0.2, 0.25) is 15.6 Å². The third kappa shape index (κ3) is 4.81. The lowest BCUT2D eigenvalue weighted by Gasteiger charge is -2.33. The minimum absolute atomic E-state index is 0.0798. The molecule has 2 aromatic carbocycles. The smallest absolute Gasteiger partial charge is 0.339 e. The van der Waals surface area contributed by atoms with Crippen molar-refractivity contribution >= 4 is 32.8 Å². The first kappa shape index (κ1) is 22.7. The number of hydrogen-bond acceptors (Lipinski definition) is 6. The fourth-order valence-corrected chi connectivity index (χ4v) is 5.13. The molecule has 1 aliphatic heterocycles.